The van der Waals surface area contributed by atoms with Crippen molar-refractivity contribution in [2.45, 2.75) is 32.2 Å². The molecule has 0 fully saturated rings. The summed E-state index contributed by atoms with van der Waals surface area (Å²) >= 11 is 6.19. The van der Waals surface area contributed by atoms with Gasteiger partial charge in [0.25, 0.3) is 0 Å². The highest BCUT2D eigenvalue weighted by atomic mass is 35.5. The first kappa shape index (κ1) is 13.9. The van der Waals surface area contributed by atoms with Gasteiger partial charge in [-0.25, -0.2) is 9.78 Å². The van der Waals surface area contributed by atoms with Crippen LogP contribution < -0.4 is 0 Å². The number of benzene rings is 1. The maximum Gasteiger partial charge on any atom is 0.328 e. The van der Waals surface area contributed by atoms with E-state index in [9.17, 15) is 4.79 Å². The SMILES string of the molecule is COC(=O)C(C)n1c(C(C)Cl)nc2c(C)cccc21. The largest absolute Gasteiger partial charge is 0.467 e. The van der Waals surface area contributed by atoms with Crippen LogP contribution in [0.25, 0.3) is 11.0 Å². The summed E-state index contributed by atoms with van der Waals surface area (Å²) in [4.78, 5) is 16.4. The second kappa shape index (κ2) is 5.21. The van der Waals surface area contributed by atoms with Crippen molar-refractivity contribution in [3.63, 3.8) is 0 Å². The summed E-state index contributed by atoms with van der Waals surface area (Å²) in [5, 5.41) is -0.279. The Morgan fingerprint density at radius 2 is 2.11 bits per heavy atom. The number of carbonyl (C=O) groups excluding carboxylic acids is 1. The summed E-state index contributed by atoms with van der Waals surface area (Å²) in [5.41, 5.74) is 2.84. The Hall–Kier alpha value is -1.55. The van der Waals surface area contributed by atoms with Crippen LogP contribution >= 0.6 is 11.6 Å². The molecule has 102 valence electrons. The van der Waals surface area contributed by atoms with Gasteiger partial charge in [-0.2, -0.15) is 0 Å². The Balaban J connectivity index is 2.72. The number of aromatic nitrogens is 2. The topological polar surface area (TPSA) is 44.1 Å². The summed E-state index contributed by atoms with van der Waals surface area (Å²) in [5.74, 6) is 0.378. The number of fused-ring (bicyclic) bond motifs is 1. The van der Waals surface area contributed by atoms with Gasteiger partial charge in [0.15, 0.2) is 0 Å². The molecule has 5 heteroatoms. The number of para-hydroxylation sites is 1. The average Bonchev–Trinajstić information content (AvgIpc) is 2.78. The molecule has 0 amide bonds. The minimum atomic E-state index is -0.451. The third kappa shape index (κ3) is 2.32. The van der Waals surface area contributed by atoms with Crippen LogP contribution in [0.3, 0.4) is 0 Å². The first-order chi connectivity index (χ1) is 8.97. The molecule has 0 N–H and O–H groups in total. The number of halogens is 1. The number of nitrogens with zero attached hydrogens (tertiary/aromatic N) is 2. The van der Waals surface area contributed by atoms with Crippen molar-refractivity contribution in [1.29, 1.82) is 0 Å². The maximum atomic E-state index is 11.8. The molecule has 0 saturated heterocycles. The number of rotatable bonds is 3. The molecule has 2 atom stereocenters. The number of alkyl halides is 1. The molecule has 0 aliphatic carbocycles. The molecule has 2 unspecified atom stereocenters. The summed E-state index contributed by atoms with van der Waals surface area (Å²) in [6, 6.07) is 5.43. The number of carbonyl (C=O) groups is 1. The Morgan fingerprint density at radius 3 is 2.68 bits per heavy atom. The number of esters is 1. The van der Waals surface area contributed by atoms with Crippen LogP contribution in [0.1, 0.15) is 36.7 Å². The van der Waals surface area contributed by atoms with Crippen LogP contribution in [0, 0.1) is 6.92 Å². The quantitative estimate of drug-likeness (QED) is 0.639. The Bertz CT molecular complexity index is 619. The van der Waals surface area contributed by atoms with Crippen LogP contribution in [0.5, 0.6) is 0 Å². The number of aryl methyl sites for hydroxylation is 1. The Kier molecular flexibility index (Phi) is 3.80. The predicted octanol–water partition coefficient (Wildman–Crippen LogP) is 3.38. The van der Waals surface area contributed by atoms with Crippen molar-refractivity contribution in [2.24, 2.45) is 0 Å². The number of methoxy groups -OCH3 is 1. The fourth-order valence-electron chi connectivity index (χ4n) is 2.24. The highest BCUT2D eigenvalue weighted by Crippen LogP contribution is 2.29. The lowest BCUT2D eigenvalue weighted by Gasteiger charge is -2.16. The van der Waals surface area contributed by atoms with Crippen molar-refractivity contribution in [3.8, 4) is 0 Å². The van der Waals surface area contributed by atoms with Crippen molar-refractivity contribution >= 4 is 28.6 Å². The zero-order chi connectivity index (χ0) is 14.2. The second-order valence-electron chi connectivity index (χ2n) is 4.60. The van der Waals surface area contributed by atoms with E-state index in [0.717, 1.165) is 16.6 Å². The Labute approximate surface area is 117 Å². The molecule has 0 radical (unpaired) electrons. The average molecular weight is 281 g/mol. The molecule has 19 heavy (non-hydrogen) atoms. The third-order valence-electron chi connectivity index (χ3n) is 3.23. The van der Waals surface area contributed by atoms with Gasteiger partial charge in [0.2, 0.25) is 0 Å². The van der Waals surface area contributed by atoms with Crippen LogP contribution in [-0.2, 0) is 9.53 Å². The zero-order valence-electron chi connectivity index (χ0n) is 11.5. The van der Waals surface area contributed by atoms with Crippen LogP contribution in [0.4, 0.5) is 0 Å². The molecule has 4 nitrogen and oxygen atoms in total. The fourth-order valence-corrected chi connectivity index (χ4v) is 2.39. The third-order valence-corrected chi connectivity index (χ3v) is 3.43. The molecule has 0 aliphatic rings. The van der Waals surface area contributed by atoms with Crippen molar-refractivity contribution in [2.75, 3.05) is 7.11 Å². The number of ether oxygens (including phenoxy) is 1. The second-order valence-corrected chi connectivity index (χ2v) is 5.25. The predicted molar refractivity (Wildman–Crippen MR) is 75.5 cm³/mol. The van der Waals surface area contributed by atoms with Crippen molar-refractivity contribution < 1.29 is 9.53 Å². The lowest BCUT2D eigenvalue weighted by atomic mass is 10.2. The van der Waals surface area contributed by atoms with Crippen LogP contribution in [-0.4, -0.2) is 22.6 Å². The van der Waals surface area contributed by atoms with Gasteiger partial charge < -0.3 is 9.30 Å². The molecule has 2 aromatic rings. The Morgan fingerprint density at radius 1 is 1.42 bits per heavy atom. The van der Waals surface area contributed by atoms with E-state index in [1.54, 1.807) is 6.92 Å². The fraction of sp³-hybridized carbons (Fsp3) is 0.429. The van der Waals surface area contributed by atoms with Gasteiger partial charge in [0.05, 0.1) is 23.5 Å². The van der Waals surface area contributed by atoms with Gasteiger partial charge in [-0.15, -0.1) is 11.6 Å². The molecular weight excluding hydrogens is 264 g/mol. The molecule has 0 aliphatic heterocycles. The summed E-state index contributed by atoms with van der Waals surface area (Å²) in [7, 11) is 1.38. The minimum absolute atomic E-state index is 0.279. The lowest BCUT2D eigenvalue weighted by molar-refractivity contribution is -0.143. The molecule has 0 spiro atoms. The monoisotopic (exact) mass is 280 g/mol. The van der Waals surface area contributed by atoms with E-state index in [1.807, 2.05) is 36.6 Å². The maximum absolute atomic E-state index is 11.8. The van der Waals surface area contributed by atoms with Gasteiger partial charge >= 0.3 is 5.97 Å². The van der Waals surface area contributed by atoms with E-state index in [1.165, 1.54) is 7.11 Å². The molecule has 0 bridgehead atoms. The molecule has 2 rings (SSSR count). The van der Waals surface area contributed by atoms with Gasteiger partial charge in [-0.3, -0.25) is 0 Å². The van der Waals surface area contributed by atoms with E-state index < -0.39 is 6.04 Å². The minimum Gasteiger partial charge on any atom is -0.467 e. The number of imidazole rings is 1. The van der Waals surface area contributed by atoms with Gasteiger partial charge in [0.1, 0.15) is 11.9 Å². The van der Waals surface area contributed by atoms with Gasteiger partial charge in [0, 0.05) is 0 Å². The smallest absolute Gasteiger partial charge is 0.328 e. The normalized spacial score (nSPS) is 14.4. The number of hydrogen-bond acceptors (Lipinski definition) is 3. The zero-order valence-corrected chi connectivity index (χ0v) is 12.2. The first-order valence-electron chi connectivity index (χ1n) is 6.16. The molecule has 1 aromatic heterocycles. The van der Waals surface area contributed by atoms with E-state index in [4.69, 9.17) is 16.3 Å². The van der Waals surface area contributed by atoms with E-state index in [-0.39, 0.29) is 11.3 Å². The molecule has 1 heterocycles. The van der Waals surface area contributed by atoms with Crippen LogP contribution in [0.2, 0.25) is 0 Å². The number of hydrogen-bond donors (Lipinski definition) is 0. The summed E-state index contributed by atoms with van der Waals surface area (Å²) in [6.45, 7) is 5.63. The summed E-state index contributed by atoms with van der Waals surface area (Å²) < 4.78 is 6.67. The first-order valence-corrected chi connectivity index (χ1v) is 6.60. The molecule has 1 aromatic carbocycles. The van der Waals surface area contributed by atoms with Gasteiger partial charge in [-0.1, -0.05) is 12.1 Å². The van der Waals surface area contributed by atoms with Crippen LogP contribution in [0.15, 0.2) is 18.2 Å². The van der Waals surface area contributed by atoms with E-state index >= 15 is 0 Å². The van der Waals surface area contributed by atoms with Gasteiger partial charge in [-0.05, 0) is 32.4 Å². The highest BCUT2D eigenvalue weighted by molar-refractivity contribution is 6.20. The molecule has 0 saturated carbocycles. The van der Waals surface area contributed by atoms with Crippen molar-refractivity contribution in [1.82, 2.24) is 9.55 Å². The lowest BCUT2D eigenvalue weighted by Crippen LogP contribution is -2.20. The van der Waals surface area contributed by atoms with E-state index in [2.05, 4.69) is 4.98 Å². The summed E-state index contributed by atoms with van der Waals surface area (Å²) in [6.07, 6.45) is 0. The molecular formula is C14H17ClN2O2. The van der Waals surface area contributed by atoms with Crippen molar-refractivity contribution in [3.05, 3.63) is 29.6 Å². The highest BCUT2D eigenvalue weighted by Gasteiger charge is 2.24. The standard InChI is InChI=1S/C14H17ClN2O2/c1-8-6-5-7-11-12(8)16-13(9(2)15)17(11)10(3)14(18)19-4/h5-7,9-10H,1-4H3. The van der Waals surface area contributed by atoms with E-state index in [0.29, 0.717) is 5.82 Å².